The van der Waals surface area contributed by atoms with Gasteiger partial charge in [-0.05, 0) is 175 Å². The van der Waals surface area contributed by atoms with E-state index in [-0.39, 0.29) is 5.41 Å². The summed E-state index contributed by atoms with van der Waals surface area (Å²) in [5, 5.41) is 5.49. The molecule has 4 bridgehead atoms. The van der Waals surface area contributed by atoms with E-state index in [2.05, 4.69) is 249 Å². The highest BCUT2D eigenvalue weighted by molar-refractivity contribution is 7.19. The number of nitrogens with zero attached hydrogens (tertiary/aromatic N) is 1. The summed E-state index contributed by atoms with van der Waals surface area (Å²) in [6, 6.07) is 87.4. The van der Waals surface area contributed by atoms with E-state index in [1.165, 1.54) is 104 Å². The van der Waals surface area contributed by atoms with Gasteiger partial charge in [0.05, 0.1) is 0 Å². The summed E-state index contributed by atoms with van der Waals surface area (Å²) < 4.78 is 0. The third kappa shape index (κ3) is 7.01. The van der Waals surface area contributed by atoms with Gasteiger partial charge in [-0.3, -0.25) is 0 Å². The molecule has 0 unspecified atom stereocenters. The summed E-state index contributed by atoms with van der Waals surface area (Å²) in [6.07, 6.45) is 8.69. The van der Waals surface area contributed by atoms with Crippen molar-refractivity contribution in [3.8, 4) is 33.4 Å². The first kappa shape index (κ1) is 42.1. The third-order valence-electron chi connectivity index (χ3n) is 17.2. The largest absolute Gasteiger partial charge is 0.310 e. The van der Waals surface area contributed by atoms with Gasteiger partial charge in [-0.25, -0.2) is 0 Å². The molecule has 0 heterocycles. The first-order valence-corrected chi connectivity index (χ1v) is 27.5. The lowest BCUT2D eigenvalue weighted by Crippen LogP contribution is -2.74. The first-order valence-electron chi connectivity index (χ1n) is 25.5. The normalized spacial score (nSPS) is 20.6. The van der Waals surface area contributed by atoms with Crippen LogP contribution in [0.25, 0.3) is 33.4 Å². The Kier molecular flexibility index (Phi) is 10.1. The molecule has 0 aromatic heterocycles. The average Bonchev–Trinajstić information content (AvgIpc) is 3.62. The van der Waals surface area contributed by atoms with Crippen LogP contribution in [0.15, 0.2) is 231 Å². The van der Waals surface area contributed by atoms with Crippen molar-refractivity contribution in [2.24, 2.45) is 17.8 Å². The number of hydrogen-bond donors (Lipinski definition) is 0. The van der Waals surface area contributed by atoms with Crippen molar-refractivity contribution < 1.29 is 0 Å². The quantitative estimate of drug-likeness (QED) is 0.0976. The van der Waals surface area contributed by atoms with Crippen molar-refractivity contribution in [2.75, 3.05) is 4.90 Å². The molecule has 9 aromatic carbocycles. The van der Waals surface area contributed by atoms with E-state index in [1.807, 2.05) is 0 Å². The molecule has 4 saturated carbocycles. The molecule has 0 radical (unpaired) electrons. The van der Waals surface area contributed by atoms with Crippen LogP contribution in [-0.2, 0) is 10.8 Å². The Morgan fingerprint density at radius 2 is 0.739 bits per heavy atom. The van der Waals surface area contributed by atoms with E-state index >= 15 is 0 Å². The van der Waals surface area contributed by atoms with Crippen LogP contribution in [0.2, 0.25) is 0 Å². The minimum absolute atomic E-state index is 0.186. The first-order chi connectivity index (χ1) is 33.9. The molecule has 1 nitrogen and oxygen atoms in total. The topological polar surface area (TPSA) is 3.24 Å². The van der Waals surface area contributed by atoms with Crippen LogP contribution < -0.4 is 25.6 Å². The van der Waals surface area contributed by atoms with Gasteiger partial charge in [-0.1, -0.05) is 202 Å². The number of anilines is 3. The summed E-state index contributed by atoms with van der Waals surface area (Å²) in [4.78, 5) is 2.46. The molecular weight excluding hydrogens is 847 g/mol. The van der Waals surface area contributed by atoms with Gasteiger partial charge in [-0.15, -0.1) is 0 Å². The molecule has 0 amide bonds. The fourth-order valence-corrected chi connectivity index (χ4v) is 19.1. The Morgan fingerprint density at radius 3 is 1.26 bits per heavy atom. The molecule has 4 fully saturated rings. The Bertz CT molecular complexity index is 3150. The van der Waals surface area contributed by atoms with Crippen molar-refractivity contribution in [1.82, 2.24) is 0 Å². The third-order valence-corrected chi connectivity index (χ3v) is 22.0. The highest BCUT2D eigenvalue weighted by atomic mass is 28.3. The SMILES string of the molecule is CC1(C)c2cc(-c3ccc(C45CC6CC(CC(C6)C4)C5)cc3)ccc2-c2ccc(N(c3ccc(-c4ccccc4)cc3)c3ccc([Si](c4ccccc4)(c4ccccc4)c4ccccc4)cc3)cc21. The van der Waals surface area contributed by atoms with E-state index in [4.69, 9.17) is 0 Å². The van der Waals surface area contributed by atoms with Crippen molar-refractivity contribution in [3.63, 3.8) is 0 Å². The smallest absolute Gasteiger partial charge is 0.179 e. The molecule has 0 atom stereocenters. The van der Waals surface area contributed by atoms with E-state index in [0.29, 0.717) is 5.41 Å². The van der Waals surface area contributed by atoms with Gasteiger partial charge >= 0.3 is 0 Å². The lowest BCUT2D eigenvalue weighted by molar-refractivity contribution is -0.00518. The van der Waals surface area contributed by atoms with E-state index in [9.17, 15) is 0 Å². The molecule has 0 N–H and O–H groups in total. The standard InChI is InChI=1S/C67H59NSi/c1-66(2)64-42-53(52-23-28-54(29-24-52)67-44-47-39-48(45-67)41-49(40-47)46-67)27-37-62(64)63-38-34-57(43-65(63)66)68(55-30-25-51(26-31-55)50-15-7-3-8-16-50)56-32-35-61(36-33-56)69(58-17-9-4-10-18-58,59-19-11-5-12-20-59)60-21-13-6-14-22-60/h3-38,42-43,47-49H,39-41,44-46H2,1-2H3. The van der Waals surface area contributed by atoms with Crippen LogP contribution in [-0.4, -0.2) is 8.07 Å². The monoisotopic (exact) mass is 905 g/mol. The molecule has 5 aliphatic rings. The van der Waals surface area contributed by atoms with Gasteiger partial charge in [0.15, 0.2) is 8.07 Å². The number of rotatable bonds is 10. The summed E-state index contributed by atoms with van der Waals surface area (Å²) in [7, 11) is -2.70. The van der Waals surface area contributed by atoms with Crippen molar-refractivity contribution in [1.29, 1.82) is 0 Å². The fourth-order valence-electron chi connectivity index (χ4n) is 14.3. The zero-order valence-electron chi connectivity index (χ0n) is 39.9. The summed E-state index contributed by atoms with van der Waals surface area (Å²) in [5.74, 6) is 2.87. The minimum atomic E-state index is -2.70. The van der Waals surface area contributed by atoms with E-state index in [1.54, 1.807) is 5.56 Å². The minimum Gasteiger partial charge on any atom is -0.310 e. The Balaban J connectivity index is 0.884. The maximum Gasteiger partial charge on any atom is 0.179 e. The molecule has 0 spiro atoms. The zero-order valence-corrected chi connectivity index (χ0v) is 40.9. The lowest BCUT2D eigenvalue weighted by atomic mass is 9.48. The molecular formula is C67H59NSi. The van der Waals surface area contributed by atoms with Crippen LogP contribution >= 0.6 is 0 Å². The van der Waals surface area contributed by atoms with Crippen molar-refractivity contribution in [2.45, 2.75) is 63.2 Å². The maximum absolute atomic E-state index is 2.70. The molecule has 14 rings (SSSR count). The van der Waals surface area contributed by atoms with Crippen LogP contribution in [0.4, 0.5) is 17.1 Å². The number of hydrogen-bond acceptors (Lipinski definition) is 1. The summed E-state index contributed by atoms with van der Waals surface area (Å²) in [6.45, 7) is 4.85. The average molecular weight is 906 g/mol. The van der Waals surface area contributed by atoms with Crippen LogP contribution in [0.1, 0.15) is 69.1 Å². The number of fused-ring (bicyclic) bond motifs is 3. The maximum atomic E-state index is 2.50. The zero-order chi connectivity index (χ0) is 46.2. The number of benzene rings is 9. The molecule has 5 aliphatic carbocycles. The van der Waals surface area contributed by atoms with Crippen molar-refractivity contribution in [3.05, 3.63) is 247 Å². The van der Waals surface area contributed by atoms with Gasteiger partial charge < -0.3 is 4.90 Å². The highest BCUT2D eigenvalue weighted by Crippen LogP contribution is 2.61. The molecule has 336 valence electrons. The van der Waals surface area contributed by atoms with Crippen LogP contribution in [0.5, 0.6) is 0 Å². The van der Waals surface area contributed by atoms with E-state index < -0.39 is 8.07 Å². The van der Waals surface area contributed by atoms with Crippen LogP contribution in [0, 0.1) is 17.8 Å². The molecule has 0 aliphatic heterocycles. The predicted octanol–water partition coefficient (Wildman–Crippen LogP) is 14.6. The van der Waals surface area contributed by atoms with Gasteiger partial charge in [0.2, 0.25) is 0 Å². The Hall–Kier alpha value is -7.00. The van der Waals surface area contributed by atoms with Gasteiger partial charge in [0.1, 0.15) is 0 Å². The highest BCUT2D eigenvalue weighted by Gasteiger charge is 2.51. The second-order valence-corrected chi connectivity index (χ2v) is 25.3. The predicted molar refractivity (Wildman–Crippen MR) is 293 cm³/mol. The van der Waals surface area contributed by atoms with Crippen molar-refractivity contribution >= 4 is 45.9 Å². The fraction of sp³-hybridized carbons (Fsp3) is 0.194. The van der Waals surface area contributed by atoms with Gasteiger partial charge in [0, 0.05) is 22.5 Å². The second-order valence-electron chi connectivity index (χ2n) is 21.5. The van der Waals surface area contributed by atoms with Crippen LogP contribution in [0.3, 0.4) is 0 Å². The summed E-state index contributed by atoms with van der Waals surface area (Å²) >= 11 is 0. The molecule has 69 heavy (non-hydrogen) atoms. The lowest BCUT2D eigenvalue weighted by Gasteiger charge is -2.57. The Morgan fingerprint density at radius 1 is 0.362 bits per heavy atom. The second kappa shape index (κ2) is 16.6. The van der Waals surface area contributed by atoms with Gasteiger partial charge in [-0.2, -0.15) is 0 Å². The Labute approximate surface area is 410 Å². The van der Waals surface area contributed by atoms with E-state index in [0.717, 1.165) is 34.8 Å². The van der Waals surface area contributed by atoms with Gasteiger partial charge in [0.25, 0.3) is 0 Å². The molecule has 9 aromatic rings. The molecule has 2 heteroatoms. The summed E-state index contributed by atoms with van der Waals surface area (Å²) in [5.41, 5.74) is 15.8. The molecule has 0 saturated heterocycles.